The monoisotopic (exact) mass is 669 g/mol. The minimum atomic E-state index is -0.846. The number of carbonyl (C=O) groups excluding carboxylic acids is 2. The molecule has 254 valence electrons. The number of pyridine rings is 1. The number of hydrogen-bond acceptors (Lipinski definition) is 9. The summed E-state index contributed by atoms with van der Waals surface area (Å²) in [6.07, 6.45) is 6.47. The van der Waals surface area contributed by atoms with Gasteiger partial charge < -0.3 is 19.5 Å². The quantitative estimate of drug-likeness (QED) is 0.0690. The summed E-state index contributed by atoms with van der Waals surface area (Å²) in [6.45, 7) is 3.90. The number of fused-ring (bicyclic) bond motifs is 1. The molecule has 0 aliphatic carbocycles. The molecule has 5 aromatic rings. The number of anilines is 1. The Balaban J connectivity index is 1.27. The van der Waals surface area contributed by atoms with Gasteiger partial charge in [0.05, 0.1) is 30.6 Å². The number of benzene rings is 3. The van der Waals surface area contributed by atoms with Crippen molar-refractivity contribution in [2.45, 2.75) is 46.0 Å². The van der Waals surface area contributed by atoms with Crippen LogP contribution in [0.15, 0.2) is 77.9 Å². The number of aromatic nitrogens is 3. The van der Waals surface area contributed by atoms with E-state index in [2.05, 4.69) is 15.4 Å². The third-order valence-corrected chi connectivity index (χ3v) is 7.76. The number of rotatable bonds is 14. The first kappa shape index (κ1) is 34.5. The van der Waals surface area contributed by atoms with Crippen LogP contribution in [0.3, 0.4) is 0 Å². The molecular weight excluding hydrogens is 633 g/mol. The number of hydrogen-bond donors (Lipinski definition) is 3. The van der Waals surface area contributed by atoms with Crippen molar-refractivity contribution >= 4 is 28.4 Å². The number of nitrogens with one attached hydrogen (secondary N) is 2. The van der Waals surface area contributed by atoms with E-state index >= 15 is 4.39 Å². The lowest BCUT2D eigenvalue weighted by Gasteiger charge is -2.14. The predicted octanol–water partition coefficient (Wildman–Crippen LogP) is 6.42. The lowest BCUT2D eigenvalue weighted by atomic mass is 10.1. The zero-order chi connectivity index (χ0) is 34.9. The average molecular weight is 670 g/mol. The number of unbranched alkanes of at least 4 members (excludes halogenated alkanes) is 3. The van der Waals surface area contributed by atoms with Gasteiger partial charge in [-0.1, -0.05) is 31.0 Å². The molecule has 2 heterocycles. The molecule has 12 nitrogen and oxygen atoms in total. The Kier molecular flexibility index (Phi) is 11.2. The molecule has 0 bridgehead atoms. The largest absolute Gasteiger partial charge is 0.493 e. The summed E-state index contributed by atoms with van der Waals surface area (Å²) in [5.74, 6) is -0.517. The van der Waals surface area contributed by atoms with Crippen LogP contribution in [0.4, 0.5) is 10.1 Å². The number of hydroxylamine groups is 1. The SMILES string of the molecule is COc1cc2c(Oc3ccc(NC(=O)c4nn(-c5ccccc5C)cc(C)c4=O)c(F)c3)ccnc2cc1OCCCCCCC(=O)NO. The van der Waals surface area contributed by atoms with Crippen molar-refractivity contribution in [3.63, 3.8) is 0 Å². The van der Waals surface area contributed by atoms with Crippen LogP contribution in [-0.2, 0) is 4.79 Å². The van der Waals surface area contributed by atoms with Crippen LogP contribution < -0.4 is 30.4 Å². The van der Waals surface area contributed by atoms with Crippen LogP contribution in [0.1, 0.15) is 53.7 Å². The Bertz CT molecular complexity index is 2050. The summed E-state index contributed by atoms with van der Waals surface area (Å²) in [5.41, 5.74) is 3.02. The molecule has 0 unspecified atom stereocenters. The first-order chi connectivity index (χ1) is 23.7. The first-order valence-corrected chi connectivity index (χ1v) is 15.7. The molecule has 2 amide bonds. The number of ether oxygens (including phenoxy) is 3. The zero-order valence-electron chi connectivity index (χ0n) is 27.3. The van der Waals surface area contributed by atoms with Crippen molar-refractivity contribution in [3.05, 3.63) is 106 Å². The number of aryl methyl sites for hydroxylation is 2. The van der Waals surface area contributed by atoms with Crippen molar-refractivity contribution in [2.75, 3.05) is 19.0 Å². The normalized spacial score (nSPS) is 10.9. The maximum Gasteiger partial charge on any atom is 0.280 e. The fraction of sp³-hybridized carbons (Fsp3) is 0.250. The third-order valence-electron chi connectivity index (χ3n) is 7.76. The highest BCUT2D eigenvalue weighted by Gasteiger charge is 2.19. The minimum Gasteiger partial charge on any atom is -0.493 e. The average Bonchev–Trinajstić information content (AvgIpc) is 3.10. The van der Waals surface area contributed by atoms with Crippen molar-refractivity contribution < 1.29 is 33.4 Å². The van der Waals surface area contributed by atoms with E-state index in [0.29, 0.717) is 52.4 Å². The van der Waals surface area contributed by atoms with E-state index in [1.54, 1.807) is 43.0 Å². The molecule has 0 spiro atoms. The molecule has 0 radical (unpaired) electrons. The highest BCUT2D eigenvalue weighted by atomic mass is 19.1. The topological polar surface area (TPSA) is 154 Å². The fourth-order valence-corrected chi connectivity index (χ4v) is 5.14. The molecule has 0 aliphatic heterocycles. The van der Waals surface area contributed by atoms with Crippen molar-refractivity contribution in [2.24, 2.45) is 0 Å². The molecule has 49 heavy (non-hydrogen) atoms. The van der Waals surface area contributed by atoms with Crippen molar-refractivity contribution in [3.8, 4) is 28.7 Å². The third kappa shape index (κ3) is 8.37. The lowest BCUT2D eigenvalue weighted by Crippen LogP contribution is -2.28. The van der Waals surface area contributed by atoms with Gasteiger partial charge in [0.1, 0.15) is 17.3 Å². The van der Waals surface area contributed by atoms with Gasteiger partial charge in [-0.2, -0.15) is 5.10 Å². The minimum absolute atomic E-state index is 0.152. The van der Waals surface area contributed by atoms with E-state index in [4.69, 9.17) is 19.4 Å². The first-order valence-electron chi connectivity index (χ1n) is 15.7. The van der Waals surface area contributed by atoms with Gasteiger partial charge in [-0.3, -0.25) is 24.6 Å². The van der Waals surface area contributed by atoms with Crippen molar-refractivity contribution in [1.82, 2.24) is 20.2 Å². The van der Waals surface area contributed by atoms with E-state index in [1.165, 1.54) is 23.9 Å². The van der Waals surface area contributed by atoms with Crippen LogP contribution in [0, 0.1) is 19.7 Å². The Labute approximate surface area is 281 Å². The van der Waals surface area contributed by atoms with Crippen LogP contribution in [0.2, 0.25) is 0 Å². The second-order valence-corrected chi connectivity index (χ2v) is 11.3. The molecule has 2 aromatic heterocycles. The summed E-state index contributed by atoms with van der Waals surface area (Å²) >= 11 is 0. The summed E-state index contributed by atoms with van der Waals surface area (Å²) in [4.78, 5) is 41.5. The highest BCUT2D eigenvalue weighted by molar-refractivity contribution is 6.03. The van der Waals surface area contributed by atoms with Crippen LogP contribution in [0.25, 0.3) is 16.6 Å². The number of nitrogens with zero attached hydrogens (tertiary/aromatic N) is 3. The second kappa shape index (κ2) is 15.8. The van der Waals surface area contributed by atoms with E-state index in [-0.39, 0.29) is 23.6 Å². The lowest BCUT2D eigenvalue weighted by molar-refractivity contribution is -0.129. The van der Waals surface area contributed by atoms with Gasteiger partial charge in [-0.15, -0.1) is 0 Å². The standard InChI is InChI=1S/C36H36FN5O7/c1-22-10-7-8-11-29(22)42-21-23(2)35(44)34(40-42)36(45)39-27-14-13-24(18-26(27)37)49-30-15-16-38-28-20-32(31(47-3)19-25(28)30)48-17-9-5-4-6-12-33(43)41-46/h7-8,10-11,13-16,18-21,46H,4-6,9,12,17H2,1-3H3,(H,39,45)(H,41,43). The Morgan fingerprint density at radius 1 is 0.939 bits per heavy atom. The van der Waals surface area contributed by atoms with Gasteiger partial charge in [0, 0.05) is 41.9 Å². The maximum absolute atomic E-state index is 15.3. The summed E-state index contributed by atoms with van der Waals surface area (Å²) in [7, 11) is 1.52. The Morgan fingerprint density at radius 3 is 2.49 bits per heavy atom. The number of amides is 2. The summed E-state index contributed by atoms with van der Waals surface area (Å²) in [6, 6.07) is 16.5. The van der Waals surface area contributed by atoms with Gasteiger partial charge in [0.25, 0.3) is 5.91 Å². The van der Waals surface area contributed by atoms with Crippen molar-refractivity contribution in [1.29, 1.82) is 0 Å². The molecule has 0 atom stereocenters. The highest BCUT2D eigenvalue weighted by Crippen LogP contribution is 2.37. The number of carbonyl (C=O) groups is 2. The number of methoxy groups -OCH3 is 1. The van der Waals surface area contributed by atoms with Crippen LogP contribution in [0.5, 0.6) is 23.0 Å². The van der Waals surface area contributed by atoms with Gasteiger partial charge in [0.2, 0.25) is 11.3 Å². The molecular formula is C36H36FN5O7. The van der Waals surface area contributed by atoms with Gasteiger partial charge in [-0.05, 0) is 62.6 Å². The van der Waals surface area contributed by atoms with E-state index in [9.17, 15) is 14.4 Å². The Hall–Kier alpha value is -5.82. The predicted molar refractivity (Wildman–Crippen MR) is 181 cm³/mol. The van der Waals surface area contributed by atoms with E-state index in [1.807, 2.05) is 31.2 Å². The molecule has 0 fully saturated rings. The fourth-order valence-electron chi connectivity index (χ4n) is 5.14. The second-order valence-electron chi connectivity index (χ2n) is 11.3. The van der Waals surface area contributed by atoms with Gasteiger partial charge in [0.15, 0.2) is 17.2 Å². The number of para-hydroxylation sites is 1. The van der Waals surface area contributed by atoms with E-state index < -0.39 is 23.1 Å². The smallest absolute Gasteiger partial charge is 0.280 e. The van der Waals surface area contributed by atoms with E-state index in [0.717, 1.165) is 30.9 Å². The molecule has 5 rings (SSSR count). The zero-order valence-corrected chi connectivity index (χ0v) is 27.3. The summed E-state index contributed by atoms with van der Waals surface area (Å²) in [5, 5.41) is 15.9. The molecule has 3 aromatic carbocycles. The van der Waals surface area contributed by atoms with Gasteiger partial charge in [-0.25, -0.2) is 14.6 Å². The summed E-state index contributed by atoms with van der Waals surface area (Å²) < 4.78 is 34.3. The molecule has 0 saturated heterocycles. The molecule has 0 aliphatic rings. The molecule has 0 saturated carbocycles. The molecule has 3 N–H and O–H groups in total. The van der Waals surface area contributed by atoms with Gasteiger partial charge >= 0.3 is 0 Å². The maximum atomic E-state index is 15.3. The molecule has 13 heteroatoms. The van der Waals surface area contributed by atoms with Crippen LogP contribution >= 0.6 is 0 Å². The Morgan fingerprint density at radius 2 is 1.73 bits per heavy atom. The van der Waals surface area contributed by atoms with Crippen LogP contribution in [-0.4, -0.2) is 45.5 Å². The number of halogens is 1.